The summed E-state index contributed by atoms with van der Waals surface area (Å²) in [5.41, 5.74) is 1.84. The molecule has 3 N–H and O–H groups in total. The van der Waals surface area contributed by atoms with Gasteiger partial charge in [-0.3, -0.25) is 13.9 Å². The summed E-state index contributed by atoms with van der Waals surface area (Å²) >= 11 is 3.48. The largest absolute Gasteiger partial charge is 0.332 e. The lowest BCUT2D eigenvalue weighted by molar-refractivity contribution is 0.566. The molecular weight excluding hydrogens is 391 g/mol. The molecule has 8 heteroatoms. The first-order valence-electron chi connectivity index (χ1n) is 6.12. The Hall–Kier alpha value is -1.13. The number of nitrogens with one attached hydrogen (secondary N) is 1. The van der Waals surface area contributed by atoms with Crippen molar-refractivity contribution < 1.29 is 0 Å². The van der Waals surface area contributed by atoms with Gasteiger partial charge < -0.3 is 5.43 Å². The zero-order valence-corrected chi connectivity index (χ0v) is 13.9. The quantitative estimate of drug-likeness (QED) is 0.447. The van der Waals surface area contributed by atoms with Crippen molar-refractivity contribution in [2.75, 3.05) is 5.43 Å². The minimum Gasteiger partial charge on any atom is -0.309 e. The van der Waals surface area contributed by atoms with Crippen molar-refractivity contribution in [1.29, 1.82) is 0 Å². The van der Waals surface area contributed by atoms with Crippen LogP contribution in [0, 0.1) is 3.57 Å². The molecule has 0 saturated carbocycles. The van der Waals surface area contributed by atoms with Crippen LogP contribution in [-0.2, 0) is 13.1 Å². The molecule has 0 amide bonds. The molecule has 0 aliphatic heterocycles. The molecule has 0 unspecified atom stereocenters. The van der Waals surface area contributed by atoms with E-state index < -0.39 is 0 Å². The molecule has 0 radical (unpaired) electrons. The Morgan fingerprint density at radius 1 is 1.40 bits per heavy atom. The topological polar surface area (TPSA) is 82.0 Å². The Bertz CT molecular complexity index is 705. The zero-order chi connectivity index (χ0) is 14.7. The first-order chi connectivity index (χ1) is 9.60. The van der Waals surface area contributed by atoms with E-state index in [-0.39, 0.29) is 11.2 Å². The van der Waals surface area contributed by atoms with Crippen molar-refractivity contribution in [3.63, 3.8) is 0 Å². The summed E-state index contributed by atoms with van der Waals surface area (Å²) in [5, 5.41) is 1.95. The number of hydrazine groups is 1. The average Bonchev–Trinajstić information content (AvgIpc) is 2.94. The van der Waals surface area contributed by atoms with Gasteiger partial charge in [-0.1, -0.05) is 13.0 Å². The van der Waals surface area contributed by atoms with Gasteiger partial charge in [0.15, 0.2) is 0 Å². The summed E-state index contributed by atoms with van der Waals surface area (Å²) in [6, 6.07) is 3.87. The van der Waals surface area contributed by atoms with Crippen molar-refractivity contribution in [1.82, 2.24) is 9.13 Å². The predicted molar refractivity (Wildman–Crippen MR) is 89.2 cm³/mol. The molecule has 0 aliphatic carbocycles. The Labute approximate surface area is 133 Å². The second-order valence-corrected chi connectivity index (χ2v) is 6.32. The van der Waals surface area contributed by atoms with Crippen LogP contribution in [0.4, 0.5) is 5.82 Å². The van der Waals surface area contributed by atoms with Crippen molar-refractivity contribution in [2.45, 2.75) is 26.4 Å². The molecule has 20 heavy (non-hydrogen) atoms. The van der Waals surface area contributed by atoms with Crippen LogP contribution in [0.15, 0.2) is 27.1 Å². The number of halogens is 1. The van der Waals surface area contributed by atoms with E-state index in [1.54, 1.807) is 11.3 Å². The molecule has 2 aromatic rings. The van der Waals surface area contributed by atoms with E-state index in [9.17, 15) is 9.59 Å². The van der Waals surface area contributed by atoms with Crippen LogP contribution in [0.25, 0.3) is 0 Å². The number of hydrogen-bond acceptors (Lipinski definition) is 5. The number of anilines is 1. The van der Waals surface area contributed by atoms with E-state index in [0.717, 1.165) is 11.3 Å². The fourth-order valence-corrected chi connectivity index (χ4v) is 3.36. The van der Waals surface area contributed by atoms with Gasteiger partial charge in [-0.25, -0.2) is 10.6 Å². The molecule has 0 saturated heterocycles. The van der Waals surface area contributed by atoms with Crippen LogP contribution in [0.5, 0.6) is 0 Å². The van der Waals surface area contributed by atoms with Crippen LogP contribution >= 0.6 is 33.9 Å². The smallest absolute Gasteiger partial charge is 0.309 e. The summed E-state index contributed by atoms with van der Waals surface area (Å²) < 4.78 is 3.19. The highest BCUT2D eigenvalue weighted by Gasteiger charge is 2.16. The number of rotatable bonds is 5. The maximum atomic E-state index is 12.5. The zero-order valence-electron chi connectivity index (χ0n) is 10.9. The van der Waals surface area contributed by atoms with Gasteiger partial charge in [0, 0.05) is 11.4 Å². The van der Waals surface area contributed by atoms with E-state index in [2.05, 4.69) is 5.43 Å². The Balaban J connectivity index is 2.64. The van der Waals surface area contributed by atoms with E-state index in [0.29, 0.717) is 22.5 Å². The van der Waals surface area contributed by atoms with E-state index >= 15 is 0 Å². The monoisotopic (exact) mass is 406 g/mol. The minimum atomic E-state index is -0.335. The van der Waals surface area contributed by atoms with Gasteiger partial charge in [-0.2, -0.15) is 0 Å². The Kier molecular flexibility index (Phi) is 5.00. The van der Waals surface area contributed by atoms with Crippen LogP contribution in [-0.4, -0.2) is 9.13 Å². The molecule has 108 valence electrons. The summed E-state index contributed by atoms with van der Waals surface area (Å²) in [7, 11) is 0. The number of aromatic nitrogens is 2. The summed E-state index contributed by atoms with van der Waals surface area (Å²) in [5.74, 6) is 5.85. The van der Waals surface area contributed by atoms with Crippen molar-refractivity contribution in [3.05, 3.63) is 46.8 Å². The maximum absolute atomic E-state index is 12.5. The van der Waals surface area contributed by atoms with Gasteiger partial charge >= 0.3 is 5.69 Å². The first-order valence-corrected chi connectivity index (χ1v) is 8.08. The van der Waals surface area contributed by atoms with Gasteiger partial charge in [0.2, 0.25) is 0 Å². The van der Waals surface area contributed by atoms with Gasteiger partial charge in [-0.05, 0) is 40.5 Å². The van der Waals surface area contributed by atoms with E-state index in [1.807, 2.05) is 47.0 Å². The Morgan fingerprint density at radius 3 is 2.70 bits per heavy atom. The fraction of sp³-hybridized carbons (Fsp3) is 0.333. The van der Waals surface area contributed by atoms with Gasteiger partial charge in [0.05, 0.1) is 6.54 Å². The second-order valence-electron chi connectivity index (χ2n) is 4.21. The molecule has 2 rings (SSSR count). The summed E-state index contributed by atoms with van der Waals surface area (Å²) in [6.45, 7) is 2.73. The second kappa shape index (κ2) is 6.55. The third-order valence-corrected chi connectivity index (χ3v) is 4.68. The predicted octanol–water partition coefficient (Wildman–Crippen LogP) is 1.42. The molecule has 0 fully saturated rings. The number of thiophene rings is 1. The fourth-order valence-electron chi connectivity index (χ4n) is 1.93. The van der Waals surface area contributed by atoms with Crippen LogP contribution in [0.2, 0.25) is 0 Å². The summed E-state index contributed by atoms with van der Waals surface area (Å²) in [6.07, 6.45) is 0.722. The molecule has 6 nitrogen and oxygen atoms in total. The number of nitrogen functional groups attached to an aromatic ring is 1. The lowest BCUT2D eigenvalue weighted by atomic mass is 10.4. The van der Waals surface area contributed by atoms with Crippen LogP contribution in [0.3, 0.4) is 0 Å². The molecule has 0 atom stereocenters. The SMILES string of the molecule is CCCn1c(=O)c(I)c(NN)n(Cc2cccs2)c1=O. The molecule has 2 heterocycles. The first kappa shape index (κ1) is 15.3. The highest BCUT2D eigenvalue weighted by molar-refractivity contribution is 14.1. The third-order valence-electron chi connectivity index (χ3n) is 2.85. The number of nitrogens with zero attached hydrogens (tertiary/aromatic N) is 2. The van der Waals surface area contributed by atoms with Crippen molar-refractivity contribution in [2.24, 2.45) is 5.84 Å². The minimum absolute atomic E-state index is 0.298. The lowest BCUT2D eigenvalue weighted by Crippen LogP contribution is -2.43. The van der Waals surface area contributed by atoms with E-state index in [1.165, 1.54) is 9.13 Å². The molecule has 2 aromatic heterocycles. The summed E-state index contributed by atoms with van der Waals surface area (Å²) in [4.78, 5) is 25.7. The normalized spacial score (nSPS) is 10.8. The molecule has 0 spiro atoms. The van der Waals surface area contributed by atoms with Crippen LogP contribution < -0.4 is 22.5 Å². The lowest BCUT2D eigenvalue weighted by Gasteiger charge is -2.15. The molecular formula is C12H15IN4O2S. The van der Waals surface area contributed by atoms with Gasteiger partial charge in [0.25, 0.3) is 5.56 Å². The molecule has 0 bridgehead atoms. The highest BCUT2D eigenvalue weighted by atomic mass is 127. The van der Waals surface area contributed by atoms with Crippen molar-refractivity contribution in [3.8, 4) is 0 Å². The van der Waals surface area contributed by atoms with Gasteiger partial charge in [0.1, 0.15) is 9.39 Å². The third kappa shape index (κ3) is 2.81. The van der Waals surface area contributed by atoms with Gasteiger partial charge in [-0.15, -0.1) is 11.3 Å². The Morgan fingerprint density at radius 2 is 2.15 bits per heavy atom. The highest BCUT2D eigenvalue weighted by Crippen LogP contribution is 2.15. The molecule has 0 aromatic carbocycles. The average molecular weight is 406 g/mol. The number of nitrogens with two attached hydrogens (primary N) is 1. The van der Waals surface area contributed by atoms with Crippen LogP contribution in [0.1, 0.15) is 18.2 Å². The standard InChI is InChI=1S/C12H15IN4O2S/c1-2-5-16-11(18)9(13)10(15-14)17(12(16)19)7-8-4-3-6-20-8/h3-4,6,15H,2,5,7,14H2,1H3. The number of hydrogen-bond donors (Lipinski definition) is 2. The van der Waals surface area contributed by atoms with E-state index in [4.69, 9.17) is 5.84 Å². The van der Waals surface area contributed by atoms with Crippen molar-refractivity contribution >= 4 is 39.7 Å². The molecule has 0 aliphatic rings. The maximum Gasteiger partial charge on any atom is 0.332 e.